The molecule has 1 atom stereocenters. The molecule has 3 heteroatoms. The Morgan fingerprint density at radius 3 is 3.07 bits per heavy atom. The van der Waals surface area contributed by atoms with Gasteiger partial charge in [0.05, 0.1) is 7.11 Å². The van der Waals surface area contributed by atoms with E-state index < -0.39 is 0 Å². The zero-order valence-electron chi connectivity index (χ0n) is 8.54. The zero-order chi connectivity index (χ0) is 9.97. The normalized spacial score (nSPS) is 19.7. The van der Waals surface area contributed by atoms with Gasteiger partial charge in [-0.1, -0.05) is 0 Å². The molecule has 0 aromatic heterocycles. The van der Waals surface area contributed by atoms with Gasteiger partial charge in [0.2, 0.25) is 0 Å². The van der Waals surface area contributed by atoms with Crippen LogP contribution in [0.2, 0.25) is 0 Å². The van der Waals surface area contributed by atoms with Crippen molar-refractivity contribution in [2.45, 2.75) is 12.5 Å². The summed E-state index contributed by atoms with van der Waals surface area (Å²) in [5.41, 5.74) is 1.22. The summed E-state index contributed by atoms with van der Waals surface area (Å²) in [6.45, 7) is 0.746. The van der Waals surface area contributed by atoms with Crippen LogP contribution >= 0.6 is 0 Å². The van der Waals surface area contributed by atoms with Crippen LogP contribution < -0.4 is 14.8 Å². The molecule has 1 aromatic carbocycles. The molecule has 76 valence electrons. The van der Waals surface area contributed by atoms with Crippen LogP contribution in [0.15, 0.2) is 18.2 Å². The number of benzene rings is 1. The van der Waals surface area contributed by atoms with E-state index in [-0.39, 0.29) is 0 Å². The summed E-state index contributed by atoms with van der Waals surface area (Å²) in [6, 6.07) is 6.35. The van der Waals surface area contributed by atoms with E-state index in [0.717, 1.165) is 24.5 Å². The molecule has 1 N–H and O–H groups in total. The number of rotatable bonds is 2. The third kappa shape index (κ3) is 1.68. The van der Waals surface area contributed by atoms with E-state index in [0.29, 0.717) is 6.04 Å². The maximum Gasteiger partial charge on any atom is 0.122 e. The van der Waals surface area contributed by atoms with E-state index in [9.17, 15) is 0 Å². The van der Waals surface area contributed by atoms with E-state index in [1.807, 2.05) is 25.2 Å². The molecular formula is C11H15NO2. The van der Waals surface area contributed by atoms with E-state index in [2.05, 4.69) is 5.32 Å². The molecule has 0 saturated heterocycles. The smallest absolute Gasteiger partial charge is 0.122 e. The van der Waals surface area contributed by atoms with Crippen molar-refractivity contribution >= 4 is 0 Å². The minimum atomic E-state index is 0.412. The Kier molecular flexibility index (Phi) is 2.59. The summed E-state index contributed by atoms with van der Waals surface area (Å²) in [4.78, 5) is 0. The van der Waals surface area contributed by atoms with Gasteiger partial charge in [0.15, 0.2) is 0 Å². The lowest BCUT2D eigenvalue weighted by Gasteiger charge is -2.25. The van der Waals surface area contributed by atoms with Gasteiger partial charge in [-0.05, 0) is 37.2 Å². The number of nitrogens with one attached hydrogen (secondary N) is 1. The van der Waals surface area contributed by atoms with Crippen molar-refractivity contribution in [3.63, 3.8) is 0 Å². The summed E-state index contributed by atoms with van der Waals surface area (Å²) in [5.74, 6) is 1.88. The van der Waals surface area contributed by atoms with E-state index in [1.54, 1.807) is 7.11 Å². The van der Waals surface area contributed by atoms with Gasteiger partial charge in [0, 0.05) is 6.04 Å². The van der Waals surface area contributed by atoms with Gasteiger partial charge in [-0.3, -0.25) is 0 Å². The standard InChI is InChI=1S/C11H15NO2/c1-12-9-5-8-6-10(13-2)3-4-11(8)14-7-9/h3-4,6,9,12H,5,7H2,1-2H3/t9-/m1/s1. The third-order valence-corrected chi connectivity index (χ3v) is 2.58. The van der Waals surface area contributed by atoms with Gasteiger partial charge in [0.1, 0.15) is 18.1 Å². The predicted molar refractivity (Wildman–Crippen MR) is 55.0 cm³/mol. The second kappa shape index (κ2) is 3.88. The van der Waals surface area contributed by atoms with Gasteiger partial charge in [0.25, 0.3) is 0 Å². The fourth-order valence-corrected chi connectivity index (χ4v) is 1.68. The molecule has 0 radical (unpaired) electrons. The van der Waals surface area contributed by atoms with Gasteiger partial charge in [-0.25, -0.2) is 0 Å². The quantitative estimate of drug-likeness (QED) is 0.766. The maximum absolute atomic E-state index is 5.61. The van der Waals surface area contributed by atoms with E-state index in [1.165, 1.54) is 5.56 Å². The van der Waals surface area contributed by atoms with Crippen molar-refractivity contribution in [2.75, 3.05) is 20.8 Å². The van der Waals surface area contributed by atoms with Gasteiger partial charge in [-0.2, -0.15) is 0 Å². The Bertz CT molecular complexity index is 325. The van der Waals surface area contributed by atoms with Gasteiger partial charge in [-0.15, -0.1) is 0 Å². The summed E-state index contributed by atoms with van der Waals surface area (Å²) >= 11 is 0. The highest BCUT2D eigenvalue weighted by atomic mass is 16.5. The molecule has 1 heterocycles. The number of fused-ring (bicyclic) bond motifs is 1. The van der Waals surface area contributed by atoms with Crippen molar-refractivity contribution in [1.82, 2.24) is 5.32 Å². The van der Waals surface area contributed by atoms with Crippen LogP contribution in [0.25, 0.3) is 0 Å². The first-order valence-corrected chi connectivity index (χ1v) is 4.80. The average Bonchev–Trinajstić information content (AvgIpc) is 2.27. The highest BCUT2D eigenvalue weighted by Gasteiger charge is 2.18. The summed E-state index contributed by atoms with van der Waals surface area (Å²) in [6.07, 6.45) is 1.00. The molecule has 0 bridgehead atoms. The number of methoxy groups -OCH3 is 1. The number of likely N-dealkylation sites (N-methyl/N-ethyl adjacent to an activating group) is 1. The molecule has 1 aromatic rings. The molecule has 1 aliphatic rings. The molecule has 0 spiro atoms. The molecular weight excluding hydrogens is 178 g/mol. The monoisotopic (exact) mass is 193 g/mol. The van der Waals surface area contributed by atoms with E-state index in [4.69, 9.17) is 9.47 Å². The molecule has 0 aliphatic carbocycles. The van der Waals surface area contributed by atoms with Crippen LogP contribution in [0, 0.1) is 0 Å². The minimum Gasteiger partial charge on any atom is -0.497 e. The second-order valence-electron chi connectivity index (χ2n) is 3.47. The zero-order valence-corrected chi connectivity index (χ0v) is 8.54. The first-order chi connectivity index (χ1) is 6.83. The SMILES string of the molecule is CN[C@H]1COc2ccc(OC)cc2C1. The molecule has 3 nitrogen and oxygen atoms in total. The van der Waals surface area contributed by atoms with Crippen LogP contribution in [0.3, 0.4) is 0 Å². The lowest BCUT2D eigenvalue weighted by atomic mass is 10.0. The van der Waals surface area contributed by atoms with Crippen LogP contribution in [0.1, 0.15) is 5.56 Å². The lowest BCUT2D eigenvalue weighted by Crippen LogP contribution is -2.36. The van der Waals surface area contributed by atoms with Gasteiger partial charge >= 0.3 is 0 Å². The Hall–Kier alpha value is -1.22. The second-order valence-corrected chi connectivity index (χ2v) is 3.47. The average molecular weight is 193 g/mol. The van der Waals surface area contributed by atoms with Crippen LogP contribution in [0.4, 0.5) is 0 Å². The highest BCUT2D eigenvalue weighted by molar-refractivity contribution is 5.41. The fourth-order valence-electron chi connectivity index (χ4n) is 1.68. The first-order valence-electron chi connectivity index (χ1n) is 4.80. The Morgan fingerprint density at radius 1 is 1.50 bits per heavy atom. The Balaban J connectivity index is 2.25. The van der Waals surface area contributed by atoms with Crippen LogP contribution in [-0.4, -0.2) is 26.8 Å². The van der Waals surface area contributed by atoms with Crippen molar-refractivity contribution in [3.8, 4) is 11.5 Å². The summed E-state index contributed by atoms with van der Waals surface area (Å²) in [5, 5.41) is 3.22. The first kappa shape index (κ1) is 9.34. The fraction of sp³-hybridized carbons (Fsp3) is 0.455. The number of hydrogen-bond donors (Lipinski definition) is 1. The van der Waals surface area contributed by atoms with E-state index >= 15 is 0 Å². The highest BCUT2D eigenvalue weighted by Crippen LogP contribution is 2.28. The topological polar surface area (TPSA) is 30.5 Å². The van der Waals surface area contributed by atoms with Crippen LogP contribution in [0.5, 0.6) is 11.5 Å². The molecule has 14 heavy (non-hydrogen) atoms. The molecule has 0 unspecified atom stereocenters. The number of ether oxygens (including phenoxy) is 2. The van der Waals surface area contributed by atoms with Crippen molar-refractivity contribution < 1.29 is 9.47 Å². The number of hydrogen-bond acceptors (Lipinski definition) is 3. The molecule has 0 fully saturated rings. The Morgan fingerprint density at radius 2 is 2.36 bits per heavy atom. The molecule has 0 saturated carbocycles. The third-order valence-electron chi connectivity index (χ3n) is 2.58. The van der Waals surface area contributed by atoms with Crippen molar-refractivity contribution in [3.05, 3.63) is 23.8 Å². The molecule has 1 aliphatic heterocycles. The summed E-state index contributed by atoms with van der Waals surface area (Å²) < 4.78 is 10.8. The predicted octanol–water partition coefficient (Wildman–Crippen LogP) is 1.22. The van der Waals surface area contributed by atoms with Crippen molar-refractivity contribution in [1.29, 1.82) is 0 Å². The minimum absolute atomic E-state index is 0.412. The van der Waals surface area contributed by atoms with Gasteiger partial charge < -0.3 is 14.8 Å². The molecule has 0 amide bonds. The largest absolute Gasteiger partial charge is 0.497 e. The van der Waals surface area contributed by atoms with Crippen molar-refractivity contribution in [2.24, 2.45) is 0 Å². The Labute approximate surface area is 84.0 Å². The lowest BCUT2D eigenvalue weighted by molar-refractivity contribution is 0.245. The summed E-state index contributed by atoms with van der Waals surface area (Å²) in [7, 11) is 3.64. The molecule has 2 rings (SSSR count). The van der Waals surface area contributed by atoms with Crippen LogP contribution in [-0.2, 0) is 6.42 Å². The maximum atomic E-state index is 5.61.